The van der Waals surface area contributed by atoms with Crippen molar-refractivity contribution in [2.45, 2.75) is 52.0 Å². The Bertz CT molecular complexity index is 895. The number of fused-ring (bicyclic) bond motifs is 1. The molecule has 1 aliphatic carbocycles. The minimum Gasteiger partial charge on any atom is -0.493 e. The summed E-state index contributed by atoms with van der Waals surface area (Å²) in [7, 11) is 4.17. The van der Waals surface area contributed by atoms with Crippen LogP contribution in [-0.4, -0.2) is 61.8 Å². The Morgan fingerprint density at radius 1 is 1.22 bits per heavy atom. The summed E-state index contributed by atoms with van der Waals surface area (Å²) in [5.74, 6) is 2.46. The minimum absolute atomic E-state index is 0.733. The maximum Gasteiger partial charge on any atom is 0.175 e. The van der Waals surface area contributed by atoms with Gasteiger partial charge >= 0.3 is 0 Å². The highest BCUT2D eigenvalue weighted by Gasteiger charge is 2.24. The molecule has 0 bridgehead atoms. The fourth-order valence-corrected chi connectivity index (χ4v) is 4.63. The van der Waals surface area contributed by atoms with E-state index in [4.69, 9.17) is 9.26 Å². The molecule has 2 fully saturated rings. The molecule has 1 aromatic heterocycles. The second kappa shape index (κ2) is 10.7. The summed E-state index contributed by atoms with van der Waals surface area (Å²) >= 11 is 0. The molecule has 1 aliphatic heterocycles. The van der Waals surface area contributed by atoms with Gasteiger partial charge in [-0.05, 0) is 96.6 Å². The number of rotatable bonds is 12. The van der Waals surface area contributed by atoms with E-state index in [1.807, 2.05) is 6.92 Å². The monoisotopic (exact) mass is 440 g/mol. The molecule has 0 spiro atoms. The number of aromatic nitrogens is 1. The quantitative estimate of drug-likeness (QED) is 0.526. The molecular weight excluding hydrogens is 400 g/mol. The number of nitrogens with zero attached hydrogens (tertiary/aromatic N) is 3. The van der Waals surface area contributed by atoms with E-state index >= 15 is 0 Å². The normalized spacial score (nSPS) is 17.9. The lowest BCUT2D eigenvalue weighted by molar-refractivity contribution is 0.180. The van der Waals surface area contributed by atoms with E-state index in [0.29, 0.717) is 0 Å². The molecule has 0 unspecified atom stereocenters. The number of hydrogen-bond donors (Lipinski definition) is 1. The first-order valence-electron chi connectivity index (χ1n) is 12.3. The van der Waals surface area contributed by atoms with Crippen LogP contribution in [0.5, 0.6) is 5.75 Å². The maximum absolute atomic E-state index is 6.16. The minimum atomic E-state index is 0.733. The average molecular weight is 441 g/mol. The summed E-state index contributed by atoms with van der Waals surface area (Å²) in [4.78, 5) is 4.73. The molecule has 1 saturated heterocycles. The predicted molar refractivity (Wildman–Crippen MR) is 130 cm³/mol. The topological polar surface area (TPSA) is 53.8 Å². The van der Waals surface area contributed by atoms with E-state index in [9.17, 15) is 0 Å². The number of likely N-dealkylation sites (tertiary alicyclic amines) is 1. The Morgan fingerprint density at radius 2 is 2.00 bits per heavy atom. The Kier molecular flexibility index (Phi) is 7.74. The van der Waals surface area contributed by atoms with Crippen molar-refractivity contribution in [2.24, 2.45) is 11.8 Å². The average Bonchev–Trinajstić information content (AvgIpc) is 3.50. The van der Waals surface area contributed by atoms with E-state index in [0.717, 1.165) is 78.2 Å². The predicted octanol–water partition coefficient (Wildman–Crippen LogP) is 4.45. The van der Waals surface area contributed by atoms with Crippen LogP contribution < -0.4 is 10.1 Å². The van der Waals surface area contributed by atoms with Crippen LogP contribution in [0.15, 0.2) is 28.9 Å². The van der Waals surface area contributed by atoms with E-state index in [-0.39, 0.29) is 0 Å². The Morgan fingerprint density at radius 3 is 2.69 bits per heavy atom. The zero-order valence-electron chi connectivity index (χ0n) is 20.2. The summed E-state index contributed by atoms with van der Waals surface area (Å²) in [5, 5.41) is 8.98. The molecule has 0 radical (unpaired) electrons. The van der Waals surface area contributed by atoms with Crippen molar-refractivity contribution in [3.8, 4) is 5.75 Å². The molecule has 4 rings (SSSR count). The molecule has 176 valence electrons. The first kappa shape index (κ1) is 23.1. The van der Waals surface area contributed by atoms with Gasteiger partial charge in [-0.3, -0.25) is 0 Å². The number of nitrogens with one attached hydrogen (secondary N) is 1. The van der Waals surface area contributed by atoms with E-state index in [2.05, 4.69) is 53.1 Å². The molecule has 0 atom stereocenters. The number of allylic oxidation sites excluding steroid dienone is 1. The van der Waals surface area contributed by atoms with Gasteiger partial charge < -0.3 is 24.4 Å². The molecule has 32 heavy (non-hydrogen) atoms. The summed E-state index contributed by atoms with van der Waals surface area (Å²) < 4.78 is 12.0. The molecule has 1 N–H and O–H groups in total. The third kappa shape index (κ3) is 6.26. The van der Waals surface area contributed by atoms with Gasteiger partial charge in [0.25, 0.3) is 0 Å². The van der Waals surface area contributed by atoms with Gasteiger partial charge in [-0.25, -0.2) is 0 Å². The van der Waals surface area contributed by atoms with Crippen LogP contribution in [0.1, 0.15) is 50.3 Å². The van der Waals surface area contributed by atoms with Crippen LogP contribution in [0, 0.1) is 11.8 Å². The SMILES string of the molecule is C=C(C)NCCN1CCC(CCc2noc3c(CN(C)C)c(OCC4CC4)ccc23)CC1. The number of piperidine rings is 1. The van der Waals surface area contributed by atoms with Crippen molar-refractivity contribution >= 4 is 11.0 Å². The summed E-state index contributed by atoms with van der Waals surface area (Å²) in [6.45, 7) is 12.0. The van der Waals surface area contributed by atoms with E-state index in [1.165, 1.54) is 45.2 Å². The molecule has 1 aromatic carbocycles. The maximum atomic E-state index is 6.16. The number of hydrogen-bond acceptors (Lipinski definition) is 6. The van der Waals surface area contributed by atoms with Gasteiger partial charge in [0, 0.05) is 30.7 Å². The van der Waals surface area contributed by atoms with Crippen LogP contribution in [0.3, 0.4) is 0 Å². The van der Waals surface area contributed by atoms with Crippen LogP contribution in [0.25, 0.3) is 11.0 Å². The molecule has 6 nitrogen and oxygen atoms in total. The standard InChI is InChI=1S/C26H40N4O2/c1-19(2)27-13-16-30-14-11-20(12-15-30)7-9-24-22-8-10-25(31-18-21-5-6-21)23(17-29(3)4)26(22)32-28-24/h8,10,20-21,27H,1,5-7,9,11-18H2,2-4H3. The van der Waals surface area contributed by atoms with Crippen molar-refractivity contribution in [3.63, 3.8) is 0 Å². The third-order valence-electron chi connectivity index (χ3n) is 6.77. The van der Waals surface area contributed by atoms with Gasteiger partial charge in [0.2, 0.25) is 0 Å². The van der Waals surface area contributed by atoms with Crippen LogP contribution in [0.2, 0.25) is 0 Å². The van der Waals surface area contributed by atoms with Crippen molar-refractivity contribution in [2.75, 3.05) is 46.9 Å². The highest BCUT2D eigenvalue weighted by atomic mass is 16.5. The van der Waals surface area contributed by atoms with Gasteiger partial charge in [-0.15, -0.1) is 0 Å². The number of aryl methyl sites for hydroxylation is 1. The number of ether oxygens (including phenoxy) is 1. The van der Waals surface area contributed by atoms with Crippen LogP contribution >= 0.6 is 0 Å². The first-order chi connectivity index (χ1) is 15.5. The Balaban J connectivity index is 1.34. The van der Waals surface area contributed by atoms with Gasteiger partial charge in [0.15, 0.2) is 5.58 Å². The Labute approximate surface area is 192 Å². The number of benzene rings is 1. The van der Waals surface area contributed by atoms with Gasteiger partial charge in [0.1, 0.15) is 5.75 Å². The third-order valence-corrected chi connectivity index (χ3v) is 6.77. The molecule has 0 amide bonds. The van der Waals surface area contributed by atoms with Crippen LogP contribution in [-0.2, 0) is 13.0 Å². The molecule has 2 heterocycles. The highest BCUT2D eigenvalue weighted by molar-refractivity contribution is 5.84. The summed E-state index contributed by atoms with van der Waals surface area (Å²) in [5.41, 5.74) is 4.18. The van der Waals surface area contributed by atoms with Gasteiger partial charge in [-0.1, -0.05) is 11.7 Å². The van der Waals surface area contributed by atoms with Gasteiger partial charge in [0.05, 0.1) is 17.9 Å². The van der Waals surface area contributed by atoms with E-state index in [1.54, 1.807) is 0 Å². The largest absolute Gasteiger partial charge is 0.493 e. The van der Waals surface area contributed by atoms with E-state index < -0.39 is 0 Å². The molecule has 2 aromatic rings. The van der Waals surface area contributed by atoms with Gasteiger partial charge in [-0.2, -0.15) is 0 Å². The summed E-state index contributed by atoms with van der Waals surface area (Å²) in [6, 6.07) is 4.28. The van der Waals surface area contributed by atoms with Crippen molar-refractivity contribution in [1.29, 1.82) is 0 Å². The zero-order valence-corrected chi connectivity index (χ0v) is 20.2. The molecular formula is C26H40N4O2. The van der Waals surface area contributed by atoms with Crippen LogP contribution in [0.4, 0.5) is 0 Å². The lowest BCUT2D eigenvalue weighted by Crippen LogP contribution is -2.38. The fraction of sp³-hybridized carbons (Fsp3) is 0.654. The molecule has 6 heteroatoms. The van der Waals surface area contributed by atoms with Crippen molar-refractivity contribution < 1.29 is 9.26 Å². The molecule has 1 saturated carbocycles. The van der Waals surface area contributed by atoms with Crippen molar-refractivity contribution in [1.82, 2.24) is 20.3 Å². The fourth-order valence-electron chi connectivity index (χ4n) is 4.63. The summed E-state index contributed by atoms with van der Waals surface area (Å²) in [6.07, 6.45) is 7.30. The zero-order chi connectivity index (χ0) is 22.5. The highest BCUT2D eigenvalue weighted by Crippen LogP contribution is 2.35. The first-order valence-corrected chi connectivity index (χ1v) is 12.3. The van der Waals surface area contributed by atoms with Crippen molar-refractivity contribution in [3.05, 3.63) is 35.7 Å². The Hall–Kier alpha value is -2.05. The molecule has 2 aliphatic rings. The second-order valence-electron chi connectivity index (χ2n) is 10.1. The lowest BCUT2D eigenvalue weighted by atomic mass is 9.91. The smallest absolute Gasteiger partial charge is 0.175 e. The second-order valence-corrected chi connectivity index (χ2v) is 10.1. The lowest BCUT2D eigenvalue weighted by Gasteiger charge is -2.32.